The van der Waals surface area contributed by atoms with E-state index in [1.807, 2.05) is 26.0 Å². The molecule has 41 heavy (non-hydrogen) atoms. The van der Waals surface area contributed by atoms with Gasteiger partial charge in [0.05, 0.1) is 5.60 Å². The summed E-state index contributed by atoms with van der Waals surface area (Å²) >= 11 is 0. The molecule has 1 aliphatic carbocycles. The molecule has 0 radical (unpaired) electrons. The Bertz CT molecular complexity index is 1210. The van der Waals surface area contributed by atoms with E-state index in [2.05, 4.69) is 147 Å². The summed E-state index contributed by atoms with van der Waals surface area (Å²) < 4.78 is 0. The second-order valence-electron chi connectivity index (χ2n) is 12.7. The van der Waals surface area contributed by atoms with E-state index >= 15 is 0 Å². The van der Waals surface area contributed by atoms with Crippen LogP contribution in [0.25, 0.3) is 0 Å². The highest BCUT2D eigenvalue weighted by atomic mass is 16.3. The van der Waals surface area contributed by atoms with Gasteiger partial charge in [0.15, 0.2) is 0 Å². The zero-order valence-electron chi connectivity index (χ0n) is 27.6. The second-order valence-corrected chi connectivity index (χ2v) is 12.7. The summed E-state index contributed by atoms with van der Waals surface area (Å²) in [6, 6.07) is 0. The first kappa shape index (κ1) is 35.9. The van der Waals surface area contributed by atoms with Gasteiger partial charge in [0.1, 0.15) is 0 Å². The van der Waals surface area contributed by atoms with E-state index in [4.69, 9.17) is 0 Å². The molecule has 1 aliphatic rings. The van der Waals surface area contributed by atoms with Gasteiger partial charge in [-0.05, 0) is 92.1 Å². The van der Waals surface area contributed by atoms with Crippen LogP contribution in [0.1, 0.15) is 94.9 Å². The van der Waals surface area contributed by atoms with E-state index < -0.39 is 5.60 Å². The first-order chi connectivity index (χ1) is 19.2. The molecule has 0 heterocycles. The van der Waals surface area contributed by atoms with Crippen molar-refractivity contribution in [3.8, 4) is 0 Å². The quantitative estimate of drug-likeness (QED) is 0.225. The van der Waals surface area contributed by atoms with Gasteiger partial charge < -0.3 is 5.11 Å². The van der Waals surface area contributed by atoms with Crippen LogP contribution in [0.5, 0.6) is 0 Å². The lowest BCUT2D eigenvalue weighted by molar-refractivity contribution is 0.0839. The Hall–Kier alpha value is -3.16. The predicted octanol–water partition coefficient (Wildman–Crippen LogP) is 11.7. The highest BCUT2D eigenvalue weighted by Crippen LogP contribution is 2.40. The van der Waals surface area contributed by atoms with Crippen molar-refractivity contribution in [1.29, 1.82) is 0 Å². The van der Waals surface area contributed by atoms with Crippen LogP contribution >= 0.6 is 0 Å². The van der Waals surface area contributed by atoms with Gasteiger partial charge in [-0.2, -0.15) is 0 Å². The monoisotopic (exact) mass is 552 g/mol. The molecule has 1 nitrogen and oxygen atoms in total. The zero-order valence-corrected chi connectivity index (χ0v) is 27.6. The minimum atomic E-state index is -0.660. The first-order valence-corrected chi connectivity index (χ1v) is 15.0. The Balaban J connectivity index is 2.59. The van der Waals surface area contributed by atoms with Gasteiger partial charge in [0.2, 0.25) is 0 Å². The molecule has 0 saturated carbocycles. The van der Waals surface area contributed by atoms with E-state index in [0.717, 1.165) is 5.57 Å². The minimum Gasteiger partial charge on any atom is -0.390 e. The third-order valence-electron chi connectivity index (χ3n) is 7.04. The molecule has 0 aromatic heterocycles. The molecular weight excluding hydrogens is 496 g/mol. The molecular formula is C40H56O. The van der Waals surface area contributed by atoms with Crippen LogP contribution < -0.4 is 0 Å². The maximum atomic E-state index is 9.77. The van der Waals surface area contributed by atoms with Crippen LogP contribution in [0.2, 0.25) is 0 Å². The zero-order chi connectivity index (χ0) is 30.9. The van der Waals surface area contributed by atoms with Crippen LogP contribution in [-0.4, -0.2) is 10.7 Å². The Labute approximate surface area is 252 Å². The molecule has 0 aliphatic heterocycles. The lowest BCUT2D eigenvalue weighted by Gasteiger charge is -2.32. The number of hydrogen-bond acceptors (Lipinski definition) is 1. The largest absolute Gasteiger partial charge is 0.390 e. The van der Waals surface area contributed by atoms with Crippen molar-refractivity contribution in [2.75, 3.05) is 0 Å². The van der Waals surface area contributed by atoms with Gasteiger partial charge in [-0.15, -0.1) is 0 Å². The Morgan fingerprint density at radius 2 is 1.10 bits per heavy atom. The highest BCUT2D eigenvalue weighted by molar-refractivity contribution is 5.37. The molecule has 1 heteroatoms. The third kappa shape index (κ3) is 17.3. The van der Waals surface area contributed by atoms with Crippen LogP contribution in [0.4, 0.5) is 0 Å². The molecule has 1 rings (SSSR count). The third-order valence-corrected chi connectivity index (χ3v) is 7.04. The fraction of sp³-hybridized carbons (Fsp3) is 0.400. The SMILES string of the molecule is CC1=C(/C=C/C(C)=C/C=C/C(C)=C/C=C/C=C(C)/C=C/C=C(C)/C=C/C=C(C)/C=C/CC(C)(C)O)C(C)(C)CCC1. The molecule has 222 valence electrons. The topological polar surface area (TPSA) is 20.2 Å². The van der Waals surface area contributed by atoms with Gasteiger partial charge in [-0.25, -0.2) is 0 Å². The molecule has 0 saturated heterocycles. The lowest BCUT2D eigenvalue weighted by atomic mass is 9.72. The van der Waals surface area contributed by atoms with E-state index in [1.54, 1.807) is 0 Å². The molecule has 0 bridgehead atoms. The van der Waals surface area contributed by atoms with Crippen molar-refractivity contribution in [3.05, 3.63) is 142 Å². The molecule has 0 amide bonds. The summed E-state index contributed by atoms with van der Waals surface area (Å²) in [5, 5.41) is 9.77. The first-order valence-electron chi connectivity index (χ1n) is 15.0. The van der Waals surface area contributed by atoms with E-state index in [0.29, 0.717) is 6.42 Å². The number of aliphatic hydroxyl groups is 1. The summed E-state index contributed by atoms with van der Waals surface area (Å²) in [5.74, 6) is 0. The average molecular weight is 553 g/mol. The molecule has 0 aromatic carbocycles. The normalized spacial score (nSPS) is 19.1. The molecule has 1 N–H and O–H groups in total. The highest BCUT2D eigenvalue weighted by Gasteiger charge is 2.26. The summed E-state index contributed by atoms with van der Waals surface area (Å²) in [5.41, 5.74) is 8.68. The molecule has 0 fully saturated rings. The number of rotatable bonds is 13. The van der Waals surface area contributed by atoms with E-state index in [-0.39, 0.29) is 5.41 Å². The number of allylic oxidation sites excluding steroid dienone is 23. The minimum absolute atomic E-state index is 0.283. The predicted molar refractivity (Wildman–Crippen MR) is 185 cm³/mol. The molecule has 0 atom stereocenters. The van der Waals surface area contributed by atoms with E-state index in [9.17, 15) is 5.11 Å². The average Bonchev–Trinajstić information content (AvgIpc) is 2.85. The van der Waals surface area contributed by atoms with Crippen LogP contribution in [-0.2, 0) is 0 Å². The van der Waals surface area contributed by atoms with Crippen LogP contribution in [0.3, 0.4) is 0 Å². The van der Waals surface area contributed by atoms with Crippen molar-refractivity contribution < 1.29 is 5.11 Å². The fourth-order valence-electron chi connectivity index (χ4n) is 4.51. The standard InChI is InChI=1S/C40H56O/c1-32(20-13-22-34(3)23-14-24-35(4)26-16-31-40(9,10)41)18-11-12-19-33(2)21-15-25-36(5)28-29-38-37(6)27-17-30-39(38,7)8/h11-16,18-26,28-29,41H,17,27,30-31H2,1-10H3/b12-11+,20-13+,21-15+,23-14+,26-16+,29-28+,32-18+,33-19+,34-22+,35-24+,36-25+. The Kier molecular flexibility index (Phi) is 16.0. The van der Waals surface area contributed by atoms with E-state index in [1.165, 1.54) is 52.7 Å². The van der Waals surface area contributed by atoms with Crippen LogP contribution in [0, 0.1) is 5.41 Å². The molecule has 0 aromatic rings. The summed E-state index contributed by atoms with van der Waals surface area (Å²) in [4.78, 5) is 0. The maximum absolute atomic E-state index is 9.77. The number of hydrogen-bond donors (Lipinski definition) is 1. The summed E-state index contributed by atoms with van der Waals surface area (Å²) in [6.07, 6.45) is 40.5. The summed E-state index contributed by atoms with van der Waals surface area (Å²) in [6.45, 7) is 21.2. The van der Waals surface area contributed by atoms with Gasteiger partial charge in [0, 0.05) is 0 Å². The van der Waals surface area contributed by atoms with Crippen molar-refractivity contribution in [2.45, 2.75) is 101 Å². The van der Waals surface area contributed by atoms with Gasteiger partial charge in [-0.1, -0.05) is 151 Å². The smallest absolute Gasteiger partial charge is 0.0626 e. The van der Waals surface area contributed by atoms with Crippen molar-refractivity contribution in [3.63, 3.8) is 0 Å². The van der Waals surface area contributed by atoms with Crippen molar-refractivity contribution in [1.82, 2.24) is 0 Å². The molecule has 0 spiro atoms. The van der Waals surface area contributed by atoms with Crippen molar-refractivity contribution >= 4 is 0 Å². The van der Waals surface area contributed by atoms with Gasteiger partial charge in [0.25, 0.3) is 0 Å². The second kappa shape index (κ2) is 18.3. The molecule has 0 unspecified atom stereocenters. The van der Waals surface area contributed by atoms with Gasteiger partial charge >= 0.3 is 0 Å². The fourth-order valence-corrected chi connectivity index (χ4v) is 4.51. The van der Waals surface area contributed by atoms with Gasteiger partial charge in [-0.3, -0.25) is 0 Å². The summed E-state index contributed by atoms with van der Waals surface area (Å²) in [7, 11) is 0. The Morgan fingerprint density at radius 1 is 0.683 bits per heavy atom. The van der Waals surface area contributed by atoms with Crippen LogP contribution in [0.15, 0.2) is 142 Å². The maximum Gasteiger partial charge on any atom is 0.0626 e. The lowest BCUT2D eigenvalue weighted by Crippen LogP contribution is -2.19. The Morgan fingerprint density at radius 3 is 1.54 bits per heavy atom. The van der Waals surface area contributed by atoms with Crippen molar-refractivity contribution in [2.24, 2.45) is 5.41 Å².